The molecule has 18 heavy (non-hydrogen) atoms. The van der Waals surface area contributed by atoms with E-state index in [9.17, 15) is 4.79 Å². The van der Waals surface area contributed by atoms with Crippen molar-refractivity contribution in [3.63, 3.8) is 0 Å². The van der Waals surface area contributed by atoms with E-state index in [-0.39, 0.29) is 12.0 Å². The van der Waals surface area contributed by atoms with Crippen LogP contribution in [0.2, 0.25) is 0 Å². The molecule has 0 bridgehead atoms. The molecule has 0 radical (unpaired) electrons. The molecule has 1 heterocycles. The van der Waals surface area contributed by atoms with E-state index in [1.807, 2.05) is 11.4 Å². The maximum Gasteiger partial charge on any atom is 0.307 e. The average molecular weight is 269 g/mol. The van der Waals surface area contributed by atoms with Gasteiger partial charge in [-0.05, 0) is 30.7 Å². The van der Waals surface area contributed by atoms with E-state index >= 15 is 0 Å². The fourth-order valence-electron chi connectivity index (χ4n) is 2.10. The third-order valence-corrected chi connectivity index (χ3v) is 3.78. The van der Waals surface area contributed by atoms with Crippen molar-refractivity contribution in [2.45, 2.75) is 45.7 Å². The van der Waals surface area contributed by atoms with Gasteiger partial charge in [0.1, 0.15) is 0 Å². The highest BCUT2D eigenvalue weighted by Crippen LogP contribution is 2.23. The molecule has 1 aromatic rings. The summed E-state index contributed by atoms with van der Waals surface area (Å²) < 4.78 is 4.77. The SMILES string of the molecule is COC(=O)CC(NC(C)CC(C)C)c1cccs1. The van der Waals surface area contributed by atoms with Gasteiger partial charge < -0.3 is 10.1 Å². The Balaban J connectivity index is 2.63. The van der Waals surface area contributed by atoms with Crippen molar-refractivity contribution in [1.82, 2.24) is 5.32 Å². The number of methoxy groups -OCH3 is 1. The monoisotopic (exact) mass is 269 g/mol. The van der Waals surface area contributed by atoms with Crippen molar-refractivity contribution >= 4 is 17.3 Å². The molecule has 1 N–H and O–H groups in total. The number of nitrogens with one attached hydrogen (secondary N) is 1. The molecule has 1 aromatic heterocycles. The zero-order chi connectivity index (χ0) is 13.5. The van der Waals surface area contributed by atoms with E-state index in [2.05, 4.69) is 32.2 Å². The first-order valence-corrected chi connectivity index (χ1v) is 7.27. The molecule has 0 aromatic carbocycles. The highest BCUT2D eigenvalue weighted by Gasteiger charge is 2.19. The summed E-state index contributed by atoms with van der Waals surface area (Å²) in [5.74, 6) is 0.479. The van der Waals surface area contributed by atoms with Gasteiger partial charge in [0, 0.05) is 10.9 Å². The highest BCUT2D eigenvalue weighted by molar-refractivity contribution is 7.10. The van der Waals surface area contributed by atoms with Crippen molar-refractivity contribution in [2.75, 3.05) is 7.11 Å². The first-order valence-electron chi connectivity index (χ1n) is 6.39. The van der Waals surface area contributed by atoms with E-state index in [1.165, 1.54) is 12.0 Å². The van der Waals surface area contributed by atoms with Gasteiger partial charge in [-0.25, -0.2) is 0 Å². The summed E-state index contributed by atoms with van der Waals surface area (Å²) in [6.07, 6.45) is 1.49. The summed E-state index contributed by atoms with van der Waals surface area (Å²) in [6.45, 7) is 6.58. The lowest BCUT2D eigenvalue weighted by molar-refractivity contribution is -0.141. The third-order valence-electron chi connectivity index (χ3n) is 2.80. The number of rotatable bonds is 7. The minimum atomic E-state index is -0.169. The second kappa shape index (κ2) is 7.54. The lowest BCUT2D eigenvalue weighted by atomic mass is 10.0. The van der Waals surface area contributed by atoms with Gasteiger partial charge in [-0.3, -0.25) is 4.79 Å². The number of ether oxygens (including phenoxy) is 1. The summed E-state index contributed by atoms with van der Waals surface area (Å²) in [4.78, 5) is 12.7. The van der Waals surface area contributed by atoms with E-state index in [0.717, 1.165) is 6.42 Å². The van der Waals surface area contributed by atoms with Crippen LogP contribution in [0, 0.1) is 5.92 Å². The zero-order valence-corrected chi connectivity index (χ0v) is 12.4. The molecule has 102 valence electrons. The maximum absolute atomic E-state index is 11.5. The van der Waals surface area contributed by atoms with Crippen LogP contribution in [0.5, 0.6) is 0 Å². The Kier molecular flexibility index (Phi) is 6.36. The fourth-order valence-corrected chi connectivity index (χ4v) is 2.89. The Morgan fingerprint density at radius 3 is 2.67 bits per heavy atom. The van der Waals surface area contributed by atoms with Crippen molar-refractivity contribution in [1.29, 1.82) is 0 Å². The smallest absolute Gasteiger partial charge is 0.307 e. The Morgan fingerprint density at radius 1 is 1.44 bits per heavy atom. The normalized spacial score (nSPS) is 14.5. The standard InChI is InChI=1S/C14H23NO2S/c1-10(2)8-11(3)15-12(9-14(16)17-4)13-6-5-7-18-13/h5-7,10-12,15H,8-9H2,1-4H3. The van der Waals surface area contributed by atoms with Crippen LogP contribution in [0.1, 0.15) is 44.5 Å². The molecule has 0 aliphatic rings. The Labute approximate surface area is 114 Å². The predicted octanol–water partition coefficient (Wildman–Crippen LogP) is 3.38. The lowest BCUT2D eigenvalue weighted by Gasteiger charge is -2.23. The summed E-state index contributed by atoms with van der Waals surface area (Å²) >= 11 is 1.67. The summed E-state index contributed by atoms with van der Waals surface area (Å²) in [6, 6.07) is 4.53. The summed E-state index contributed by atoms with van der Waals surface area (Å²) in [7, 11) is 1.44. The van der Waals surface area contributed by atoms with Gasteiger partial charge in [0.05, 0.1) is 19.6 Å². The summed E-state index contributed by atoms with van der Waals surface area (Å²) in [5, 5.41) is 5.56. The molecular weight excluding hydrogens is 246 g/mol. The fraction of sp³-hybridized carbons (Fsp3) is 0.643. The molecule has 4 heteroatoms. The minimum absolute atomic E-state index is 0.0613. The topological polar surface area (TPSA) is 38.3 Å². The minimum Gasteiger partial charge on any atom is -0.469 e. The number of esters is 1. The zero-order valence-electron chi connectivity index (χ0n) is 11.6. The number of thiophene rings is 1. The molecular formula is C14H23NO2S. The van der Waals surface area contributed by atoms with Crippen LogP contribution in [0.3, 0.4) is 0 Å². The highest BCUT2D eigenvalue weighted by atomic mass is 32.1. The van der Waals surface area contributed by atoms with Crippen molar-refractivity contribution in [3.8, 4) is 0 Å². The first kappa shape index (κ1) is 15.2. The van der Waals surface area contributed by atoms with E-state index in [0.29, 0.717) is 18.4 Å². The molecule has 0 spiro atoms. The van der Waals surface area contributed by atoms with Gasteiger partial charge in [-0.1, -0.05) is 19.9 Å². The molecule has 0 aliphatic heterocycles. The first-order chi connectivity index (χ1) is 8.52. The number of hydrogen-bond acceptors (Lipinski definition) is 4. The molecule has 0 saturated carbocycles. The molecule has 2 atom stereocenters. The van der Waals surface area contributed by atoms with Gasteiger partial charge in [0.25, 0.3) is 0 Å². The lowest BCUT2D eigenvalue weighted by Crippen LogP contribution is -2.32. The van der Waals surface area contributed by atoms with Crippen LogP contribution >= 0.6 is 11.3 Å². The molecule has 1 rings (SSSR count). The average Bonchev–Trinajstić information content (AvgIpc) is 2.80. The molecule has 0 saturated heterocycles. The van der Waals surface area contributed by atoms with E-state index < -0.39 is 0 Å². The van der Waals surface area contributed by atoms with Gasteiger partial charge in [0.15, 0.2) is 0 Å². The summed E-state index contributed by atoms with van der Waals surface area (Å²) in [5.41, 5.74) is 0. The second-order valence-corrected chi connectivity index (χ2v) is 6.02. The number of carbonyl (C=O) groups is 1. The van der Waals surface area contributed by atoms with E-state index in [4.69, 9.17) is 4.74 Å². The van der Waals surface area contributed by atoms with Crippen LogP contribution < -0.4 is 5.32 Å². The van der Waals surface area contributed by atoms with Gasteiger partial charge >= 0.3 is 5.97 Å². The van der Waals surface area contributed by atoms with Crippen LogP contribution in [0.4, 0.5) is 0 Å². The predicted molar refractivity (Wildman–Crippen MR) is 75.7 cm³/mol. The van der Waals surface area contributed by atoms with Crippen molar-refractivity contribution < 1.29 is 9.53 Å². The van der Waals surface area contributed by atoms with Crippen LogP contribution in [-0.4, -0.2) is 19.1 Å². The molecule has 3 nitrogen and oxygen atoms in total. The Morgan fingerprint density at radius 2 is 2.17 bits per heavy atom. The van der Waals surface area contributed by atoms with Gasteiger partial charge in [-0.15, -0.1) is 11.3 Å². The van der Waals surface area contributed by atoms with E-state index in [1.54, 1.807) is 11.3 Å². The largest absolute Gasteiger partial charge is 0.469 e. The molecule has 0 amide bonds. The third kappa shape index (κ3) is 5.19. The van der Waals surface area contributed by atoms with Gasteiger partial charge in [-0.2, -0.15) is 0 Å². The number of carbonyl (C=O) groups excluding carboxylic acids is 1. The van der Waals surface area contributed by atoms with Crippen LogP contribution in [-0.2, 0) is 9.53 Å². The number of hydrogen-bond donors (Lipinski definition) is 1. The second-order valence-electron chi connectivity index (χ2n) is 5.05. The van der Waals surface area contributed by atoms with Crippen molar-refractivity contribution in [2.24, 2.45) is 5.92 Å². The van der Waals surface area contributed by atoms with Crippen LogP contribution in [0.25, 0.3) is 0 Å². The van der Waals surface area contributed by atoms with Gasteiger partial charge in [0.2, 0.25) is 0 Å². The quantitative estimate of drug-likeness (QED) is 0.771. The van der Waals surface area contributed by atoms with Crippen molar-refractivity contribution in [3.05, 3.63) is 22.4 Å². The Hall–Kier alpha value is -0.870. The van der Waals surface area contributed by atoms with Crippen LogP contribution in [0.15, 0.2) is 17.5 Å². The molecule has 0 fully saturated rings. The maximum atomic E-state index is 11.5. The molecule has 2 unspecified atom stereocenters. The Bertz CT molecular complexity index is 349. The molecule has 0 aliphatic carbocycles.